The van der Waals surface area contributed by atoms with Gasteiger partial charge in [0.15, 0.2) is 6.61 Å². The number of amides is 2. The predicted molar refractivity (Wildman–Crippen MR) is 121 cm³/mol. The highest BCUT2D eigenvalue weighted by Crippen LogP contribution is 2.21. The Kier molecular flexibility index (Phi) is 9.18. The lowest BCUT2D eigenvalue weighted by molar-refractivity contribution is -0.143. The zero-order chi connectivity index (χ0) is 22.1. The number of benzene rings is 2. The smallest absolute Gasteiger partial charge is 0.261 e. The molecule has 162 valence electrons. The van der Waals surface area contributed by atoms with E-state index in [1.54, 1.807) is 11.0 Å². The SMILES string of the molecule is CC[C@@H](C)NC(=O)[C@H](CC)N(Cc1ccccc1Cl)C(=O)COc1ccccc1C. The summed E-state index contributed by atoms with van der Waals surface area (Å²) < 4.78 is 5.77. The summed E-state index contributed by atoms with van der Waals surface area (Å²) in [5.74, 6) is 0.230. The molecule has 0 heterocycles. The molecule has 2 aromatic carbocycles. The Balaban J connectivity index is 2.24. The number of hydrogen-bond donors (Lipinski definition) is 1. The lowest BCUT2D eigenvalue weighted by Crippen LogP contribution is -2.51. The van der Waals surface area contributed by atoms with Crippen LogP contribution in [-0.2, 0) is 16.1 Å². The summed E-state index contributed by atoms with van der Waals surface area (Å²) in [4.78, 5) is 27.7. The molecule has 0 spiro atoms. The Labute approximate surface area is 184 Å². The molecule has 0 bridgehead atoms. The first kappa shape index (κ1) is 23.7. The van der Waals surface area contributed by atoms with Crippen LogP contribution in [0, 0.1) is 6.92 Å². The molecular weight excluding hydrogens is 400 g/mol. The van der Waals surface area contributed by atoms with Gasteiger partial charge in [-0.25, -0.2) is 0 Å². The lowest BCUT2D eigenvalue weighted by atomic mass is 10.1. The van der Waals surface area contributed by atoms with E-state index in [9.17, 15) is 9.59 Å². The number of rotatable bonds is 10. The minimum Gasteiger partial charge on any atom is -0.484 e. The third-order valence-corrected chi connectivity index (χ3v) is 5.50. The number of nitrogens with one attached hydrogen (secondary N) is 1. The second kappa shape index (κ2) is 11.6. The summed E-state index contributed by atoms with van der Waals surface area (Å²) in [5, 5.41) is 3.55. The number of para-hydroxylation sites is 1. The lowest BCUT2D eigenvalue weighted by Gasteiger charge is -2.31. The molecule has 0 aliphatic rings. The first-order valence-corrected chi connectivity index (χ1v) is 10.8. The van der Waals surface area contributed by atoms with E-state index in [1.807, 2.05) is 70.2 Å². The van der Waals surface area contributed by atoms with E-state index in [2.05, 4.69) is 5.32 Å². The number of hydrogen-bond acceptors (Lipinski definition) is 3. The Morgan fingerprint density at radius 3 is 2.37 bits per heavy atom. The van der Waals surface area contributed by atoms with Crippen LogP contribution in [0.1, 0.15) is 44.7 Å². The summed E-state index contributed by atoms with van der Waals surface area (Å²) in [6.07, 6.45) is 1.31. The average Bonchev–Trinajstić information content (AvgIpc) is 2.74. The van der Waals surface area contributed by atoms with Crippen LogP contribution in [0.3, 0.4) is 0 Å². The number of nitrogens with zero attached hydrogens (tertiary/aromatic N) is 1. The van der Waals surface area contributed by atoms with Crippen molar-refractivity contribution in [2.24, 2.45) is 0 Å². The van der Waals surface area contributed by atoms with E-state index in [4.69, 9.17) is 16.3 Å². The van der Waals surface area contributed by atoms with Crippen LogP contribution in [0.5, 0.6) is 5.75 Å². The zero-order valence-electron chi connectivity index (χ0n) is 18.2. The summed E-state index contributed by atoms with van der Waals surface area (Å²) in [6, 6.07) is 14.3. The van der Waals surface area contributed by atoms with E-state index in [0.29, 0.717) is 17.2 Å². The normalized spacial score (nSPS) is 12.7. The Bertz CT molecular complexity index is 856. The Morgan fingerprint density at radius 2 is 1.73 bits per heavy atom. The maximum Gasteiger partial charge on any atom is 0.261 e. The van der Waals surface area contributed by atoms with Crippen LogP contribution in [0.2, 0.25) is 5.02 Å². The van der Waals surface area contributed by atoms with Gasteiger partial charge in [-0.05, 0) is 49.9 Å². The van der Waals surface area contributed by atoms with Crippen molar-refractivity contribution in [3.05, 3.63) is 64.7 Å². The average molecular weight is 431 g/mol. The van der Waals surface area contributed by atoms with Gasteiger partial charge in [-0.3, -0.25) is 9.59 Å². The molecule has 2 atom stereocenters. The van der Waals surface area contributed by atoms with Crippen molar-refractivity contribution >= 4 is 23.4 Å². The van der Waals surface area contributed by atoms with E-state index < -0.39 is 6.04 Å². The van der Waals surface area contributed by atoms with Gasteiger partial charge in [0.1, 0.15) is 11.8 Å². The van der Waals surface area contributed by atoms with Crippen molar-refractivity contribution in [1.29, 1.82) is 0 Å². The molecule has 2 rings (SSSR count). The zero-order valence-corrected chi connectivity index (χ0v) is 18.9. The topological polar surface area (TPSA) is 58.6 Å². The fourth-order valence-corrected chi connectivity index (χ4v) is 3.31. The quantitative estimate of drug-likeness (QED) is 0.591. The Morgan fingerprint density at radius 1 is 1.07 bits per heavy atom. The number of aryl methyl sites for hydroxylation is 1. The van der Waals surface area contributed by atoms with Gasteiger partial charge in [0.05, 0.1) is 0 Å². The van der Waals surface area contributed by atoms with E-state index in [-0.39, 0.29) is 31.0 Å². The molecule has 2 amide bonds. The van der Waals surface area contributed by atoms with E-state index in [1.165, 1.54) is 0 Å². The molecule has 0 unspecified atom stereocenters. The summed E-state index contributed by atoms with van der Waals surface area (Å²) >= 11 is 6.33. The van der Waals surface area contributed by atoms with Gasteiger partial charge in [-0.2, -0.15) is 0 Å². The van der Waals surface area contributed by atoms with Crippen LogP contribution in [0.25, 0.3) is 0 Å². The molecule has 5 nitrogen and oxygen atoms in total. The van der Waals surface area contributed by atoms with Crippen molar-refractivity contribution in [2.45, 2.75) is 59.2 Å². The van der Waals surface area contributed by atoms with Gasteiger partial charge < -0.3 is 15.0 Å². The van der Waals surface area contributed by atoms with Gasteiger partial charge >= 0.3 is 0 Å². The minimum atomic E-state index is -0.608. The highest BCUT2D eigenvalue weighted by Gasteiger charge is 2.30. The van der Waals surface area contributed by atoms with Gasteiger partial charge in [0.2, 0.25) is 5.91 Å². The summed E-state index contributed by atoms with van der Waals surface area (Å²) in [6.45, 7) is 7.87. The predicted octanol–water partition coefficient (Wildman–Crippen LogP) is 4.75. The van der Waals surface area contributed by atoms with Crippen LogP contribution in [-0.4, -0.2) is 35.4 Å². The largest absolute Gasteiger partial charge is 0.484 e. The molecule has 6 heteroatoms. The molecule has 0 fully saturated rings. The first-order chi connectivity index (χ1) is 14.4. The van der Waals surface area contributed by atoms with E-state index in [0.717, 1.165) is 17.5 Å². The van der Waals surface area contributed by atoms with Gasteiger partial charge in [0, 0.05) is 17.6 Å². The monoisotopic (exact) mass is 430 g/mol. The van der Waals surface area contributed by atoms with Crippen molar-refractivity contribution < 1.29 is 14.3 Å². The maximum atomic E-state index is 13.2. The van der Waals surface area contributed by atoms with Gasteiger partial charge in [-0.15, -0.1) is 0 Å². The van der Waals surface area contributed by atoms with Crippen molar-refractivity contribution in [3.63, 3.8) is 0 Å². The molecule has 0 saturated carbocycles. The van der Waals surface area contributed by atoms with Crippen LogP contribution >= 0.6 is 11.6 Å². The van der Waals surface area contributed by atoms with Gasteiger partial charge in [0.25, 0.3) is 5.91 Å². The molecule has 0 aromatic heterocycles. The molecule has 30 heavy (non-hydrogen) atoms. The van der Waals surface area contributed by atoms with Crippen LogP contribution in [0.15, 0.2) is 48.5 Å². The van der Waals surface area contributed by atoms with Crippen molar-refractivity contribution in [2.75, 3.05) is 6.61 Å². The second-order valence-electron chi connectivity index (χ2n) is 7.41. The van der Waals surface area contributed by atoms with Gasteiger partial charge in [-0.1, -0.05) is 61.8 Å². The number of carbonyl (C=O) groups excluding carboxylic acids is 2. The number of halogens is 1. The van der Waals surface area contributed by atoms with Crippen molar-refractivity contribution in [3.8, 4) is 5.75 Å². The third kappa shape index (κ3) is 6.49. The molecule has 0 aliphatic heterocycles. The summed E-state index contributed by atoms with van der Waals surface area (Å²) in [7, 11) is 0. The third-order valence-electron chi connectivity index (χ3n) is 5.13. The van der Waals surface area contributed by atoms with Crippen LogP contribution < -0.4 is 10.1 Å². The highest BCUT2D eigenvalue weighted by atomic mass is 35.5. The molecule has 0 aliphatic carbocycles. The molecule has 2 aromatic rings. The fraction of sp³-hybridized carbons (Fsp3) is 0.417. The highest BCUT2D eigenvalue weighted by molar-refractivity contribution is 6.31. The molecular formula is C24H31ClN2O3. The second-order valence-corrected chi connectivity index (χ2v) is 7.82. The maximum absolute atomic E-state index is 13.2. The Hall–Kier alpha value is -2.53. The van der Waals surface area contributed by atoms with E-state index >= 15 is 0 Å². The number of carbonyl (C=O) groups is 2. The van der Waals surface area contributed by atoms with Crippen LogP contribution in [0.4, 0.5) is 0 Å². The molecule has 1 N–H and O–H groups in total. The van der Waals surface area contributed by atoms with Crippen molar-refractivity contribution in [1.82, 2.24) is 10.2 Å². The first-order valence-electron chi connectivity index (χ1n) is 10.4. The molecule has 0 radical (unpaired) electrons. The standard InChI is InChI=1S/C24H31ClN2O3/c1-5-18(4)26-24(29)21(6-2)27(15-19-12-8-9-13-20(19)25)23(28)16-30-22-14-10-7-11-17(22)3/h7-14,18,21H,5-6,15-16H2,1-4H3,(H,26,29)/t18-,21+/m1/s1. The minimum absolute atomic E-state index is 0.0343. The fourth-order valence-electron chi connectivity index (χ4n) is 3.11. The summed E-state index contributed by atoms with van der Waals surface area (Å²) in [5.41, 5.74) is 1.74. The molecule has 0 saturated heterocycles. The number of ether oxygens (including phenoxy) is 1.